The fourth-order valence-corrected chi connectivity index (χ4v) is 7.70. The van der Waals surface area contributed by atoms with Crippen LogP contribution in [0.15, 0.2) is 55.1 Å². The van der Waals surface area contributed by atoms with Gasteiger partial charge >= 0.3 is 0 Å². The summed E-state index contributed by atoms with van der Waals surface area (Å²) in [5.41, 5.74) is -0.747. The van der Waals surface area contributed by atoms with E-state index in [1.165, 1.54) is 19.9 Å². The summed E-state index contributed by atoms with van der Waals surface area (Å²) < 4.78 is 90.7. The first kappa shape index (κ1) is 41.9. The van der Waals surface area contributed by atoms with E-state index in [1.54, 1.807) is 36.0 Å². The molecule has 0 aliphatic heterocycles. The van der Waals surface area contributed by atoms with Crippen LogP contribution in [0.4, 0.5) is 32.2 Å². The number of allylic oxidation sites excluding steroid dienone is 1. The number of pyridine rings is 1. The molecule has 5 aromatic rings. The second-order valence-corrected chi connectivity index (χ2v) is 15.8. The normalized spacial score (nSPS) is 16.6. The highest BCUT2D eigenvalue weighted by Crippen LogP contribution is 2.51. The molecule has 17 heteroatoms. The van der Waals surface area contributed by atoms with Crippen molar-refractivity contribution in [3.63, 3.8) is 0 Å². The van der Waals surface area contributed by atoms with Gasteiger partial charge < -0.3 is 21.1 Å². The minimum absolute atomic E-state index is 0.0759. The Morgan fingerprint density at radius 1 is 1.10 bits per heavy atom. The van der Waals surface area contributed by atoms with Gasteiger partial charge in [-0.2, -0.15) is 19.0 Å². The lowest BCUT2D eigenvalue weighted by Gasteiger charge is -2.23. The fourth-order valence-electron chi connectivity index (χ4n) is 7.46. The maximum Gasteiger partial charge on any atom is 0.290 e. The molecule has 59 heavy (non-hydrogen) atoms. The van der Waals surface area contributed by atoms with Gasteiger partial charge in [-0.3, -0.25) is 14.2 Å². The van der Waals surface area contributed by atoms with Crippen molar-refractivity contribution in [1.82, 2.24) is 35.2 Å². The zero-order valence-electron chi connectivity index (χ0n) is 32.3. The van der Waals surface area contributed by atoms with Gasteiger partial charge in [0.05, 0.1) is 40.8 Å². The lowest BCUT2D eigenvalue weighted by atomic mass is 9.93. The molecule has 2 aliphatic rings. The number of alkyl halides is 4. The van der Waals surface area contributed by atoms with E-state index in [2.05, 4.69) is 44.6 Å². The Morgan fingerprint density at radius 3 is 2.47 bits per heavy atom. The molecule has 2 aliphatic carbocycles. The molecule has 0 saturated heterocycles. The maximum absolute atomic E-state index is 15.4. The molecular weight excluding hydrogens is 798 g/mol. The highest BCUT2D eigenvalue weighted by Gasteiger charge is 2.50. The summed E-state index contributed by atoms with van der Waals surface area (Å²) in [7, 11) is 1.67. The number of nitrogens with zero attached hydrogens (tertiary/aromatic N) is 5. The Bertz CT molecular complexity index is 2480. The molecule has 2 unspecified atom stereocenters. The van der Waals surface area contributed by atoms with E-state index in [0.717, 1.165) is 35.7 Å². The van der Waals surface area contributed by atoms with Gasteiger partial charge in [0.1, 0.15) is 34.3 Å². The minimum atomic E-state index is -3.45. The predicted octanol–water partition coefficient (Wildman–Crippen LogP) is 7.85. The molecule has 2 aromatic carbocycles. The van der Waals surface area contributed by atoms with E-state index in [-0.39, 0.29) is 60.3 Å². The molecule has 3 heterocycles. The number of carbonyl (C=O) groups excluding carboxylic acids is 1. The molecule has 0 bridgehead atoms. The molecule has 1 fully saturated rings. The third kappa shape index (κ3) is 9.18. The molecule has 1 amide bonds. The zero-order valence-corrected chi connectivity index (χ0v) is 33.1. The molecule has 2 atom stereocenters. The van der Waals surface area contributed by atoms with E-state index < -0.39 is 59.4 Å². The number of aromatic nitrogens is 5. The maximum atomic E-state index is 15.4. The quantitative estimate of drug-likeness (QED) is 0.0511. The summed E-state index contributed by atoms with van der Waals surface area (Å²) in [6.07, 6.45) is -0.723. The van der Waals surface area contributed by atoms with Gasteiger partial charge in [0, 0.05) is 54.7 Å². The smallest absolute Gasteiger partial charge is 0.290 e. The number of benzene rings is 2. The van der Waals surface area contributed by atoms with Crippen LogP contribution in [0.1, 0.15) is 85.4 Å². The monoisotopic (exact) mass is 838 g/mol. The van der Waals surface area contributed by atoms with Crippen molar-refractivity contribution in [2.45, 2.75) is 82.0 Å². The topological polar surface area (TPSA) is 122 Å². The number of anilines is 1. The molecule has 7 rings (SSSR count). The van der Waals surface area contributed by atoms with Gasteiger partial charge in [-0.05, 0) is 74.9 Å². The summed E-state index contributed by atoms with van der Waals surface area (Å²) in [5, 5.41) is 28.9. The molecule has 0 radical (unpaired) electrons. The average molecular weight is 839 g/mol. The van der Waals surface area contributed by atoms with Crippen LogP contribution in [0.5, 0.6) is 0 Å². The van der Waals surface area contributed by atoms with Gasteiger partial charge in [-0.15, -0.1) is 6.58 Å². The third-order valence-corrected chi connectivity index (χ3v) is 10.5. The molecule has 10 nitrogen and oxygen atoms in total. The summed E-state index contributed by atoms with van der Waals surface area (Å²) in [5.74, 6) is -0.648. The van der Waals surface area contributed by atoms with Crippen LogP contribution >= 0.6 is 11.6 Å². The van der Waals surface area contributed by atoms with E-state index in [0.29, 0.717) is 33.1 Å². The first-order chi connectivity index (χ1) is 27.9. The number of amides is 1. The number of carbonyl (C=O) groups is 1. The number of aryl methyl sites for hydroxylation is 1. The van der Waals surface area contributed by atoms with Crippen molar-refractivity contribution in [3.8, 4) is 23.0 Å². The van der Waals surface area contributed by atoms with E-state index >= 15 is 8.78 Å². The third-order valence-electron chi connectivity index (χ3n) is 10.1. The first-order valence-corrected chi connectivity index (χ1v) is 19.3. The van der Waals surface area contributed by atoms with Gasteiger partial charge in [0.25, 0.3) is 12.3 Å². The lowest BCUT2D eigenvalue weighted by molar-refractivity contribution is -0.115. The van der Waals surface area contributed by atoms with Gasteiger partial charge in [-0.1, -0.05) is 29.7 Å². The van der Waals surface area contributed by atoms with Crippen molar-refractivity contribution in [2.24, 2.45) is 7.05 Å². The second kappa shape index (κ2) is 16.4. The van der Waals surface area contributed by atoms with Gasteiger partial charge in [0.2, 0.25) is 5.91 Å². The Hall–Kier alpha value is -5.21. The fraction of sp³-hybridized carbons (Fsp3) is 0.381. The van der Waals surface area contributed by atoms with Gasteiger partial charge in [-0.25, -0.2) is 22.5 Å². The summed E-state index contributed by atoms with van der Waals surface area (Å²) in [4.78, 5) is 17.8. The summed E-state index contributed by atoms with van der Waals surface area (Å²) >= 11 is 6.76. The van der Waals surface area contributed by atoms with Crippen LogP contribution in [0.25, 0.3) is 22.0 Å². The van der Waals surface area contributed by atoms with Crippen LogP contribution in [0, 0.1) is 23.5 Å². The van der Waals surface area contributed by atoms with E-state index in [9.17, 15) is 27.5 Å². The molecule has 3 aromatic heterocycles. The van der Waals surface area contributed by atoms with Crippen LogP contribution in [0.3, 0.4) is 0 Å². The average Bonchev–Trinajstić information content (AvgIpc) is 3.73. The van der Waals surface area contributed by atoms with Crippen LogP contribution < -0.4 is 16.0 Å². The molecule has 1 saturated carbocycles. The summed E-state index contributed by atoms with van der Waals surface area (Å²) in [6.45, 7) is 6.21. The number of fused-ring (bicyclic) bond motifs is 2. The van der Waals surface area contributed by atoms with Crippen molar-refractivity contribution in [2.75, 3.05) is 18.4 Å². The number of halogens is 7. The minimum Gasteiger partial charge on any atom is -0.378 e. The highest BCUT2D eigenvalue weighted by molar-refractivity contribution is 6.37. The first-order valence-electron chi connectivity index (χ1n) is 19.0. The lowest BCUT2D eigenvalue weighted by Crippen LogP contribution is -2.30. The number of hydrogen-bond donors (Lipinski definition) is 4. The standard InChI is InChI=1S/C42H41ClF6N8O2/c1-5-23-20-42(48,49)38-33(23)36(39(46)47)54-57(38)15-14-50-31(18-22-16-24(44)19-25(45)17-22)35-28(9-8-27(52-35)12-13-41(2,3)59)29-10-11-30(43)34-37(29)56(4)55-40(34)53-32(58)21-51-26-6-7-26/h5,8-11,16-17,19,23,26,31,39,50-51,59H,1,6-7,14-15,18,20-21H2,2-4H3,(H,53,55,58). The molecule has 0 spiro atoms. The van der Waals surface area contributed by atoms with Crippen LogP contribution in [0.2, 0.25) is 5.02 Å². The number of nitrogens with one attached hydrogen (secondary N) is 3. The Labute approximate surface area is 341 Å². The van der Waals surface area contributed by atoms with E-state index in [4.69, 9.17) is 16.6 Å². The Balaban J connectivity index is 1.33. The van der Waals surface area contributed by atoms with Crippen LogP contribution in [-0.2, 0) is 30.7 Å². The highest BCUT2D eigenvalue weighted by atomic mass is 35.5. The molecular formula is C42H41ClF6N8O2. The largest absolute Gasteiger partial charge is 0.378 e. The number of hydrogen-bond acceptors (Lipinski definition) is 7. The Kier molecular flexibility index (Phi) is 11.7. The SMILES string of the molecule is C=CC1CC(F)(F)c2c1c(C(F)F)nn2CCNC(Cc1cc(F)cc(F)c1)c1nc(C#CC(C)(C)O)ccc1-c1ccc(Cl)c2c(NC(=O)CNC3CC3)nn(C)c12. The van der Waals surface area contributed by atoms with Crippen molar-refractivity contribution in [1.29, 1.82) is 0 Å². The van der Waals surface area contributed by atoms with Crippen molar-refractivity contribution in [3.05, 3.63) is 106 Å². The predicted molar refractivity (Wildman–Crippen MR) is 211 cm³/mol. The summed E-state index contributed by atoms with van der Waals surface area (Å²) in [6, 6.07) is 9.09. The molecule has 310 valence electrons. The van der Waals surface area contributed by atoms with Gasteiger partial charge in [0.15, 0.2) is 5.82 Å². The zero-order chi connectivity index (χ0) is 42.4. The molecule has 4 N–H and O–H groups in total. The van der Waals surface area contributed by atoms with Crippen molar-refractivity contribution < 1.29 is 36.2 Å². The van der Waals surface area contributed by atoms with Crippen molar-refractivity contribution >= 4 is 34.2 Å². The second-order valence-electron chi connectivity index (χ2n) is 15.3. The Morgan fingerprint density at radius 2 is 1.81 bits per heavy atom. The van der Waals surface area contributed by atoms with Crippen LogP contribution in [-0.4, -0.2) is 60.3 Å². The van der Waals surface area contributed by atoms with E-state index in [1.807, 2.05) is 0 Å². The number of rotatable bonds is 14. The number of aliphatic hydroxyl groups is 1.